The molecule has 0 unspecified atom stereocenters. The molecular weight excluding hydrogens is 343 g/mol. The molecule has 4 rings (SSSR count). The lowest BCUT2D eigenvalue weighted by Gasteiger charge is -2.53. The molecule has 5 nitrogen and oxygen atoms in total. The second-order valence-electron chi connectivity index (χ2n) is 7.76. The number of sulfonamides is 1. The van der Waals surface area contributed by atoms with Crippen molar-refractivity contribution in [1.82, 2.24) is 9.62 Å². The van der Waals surface area contributed by atoms with Crippen molar-refractivity contribution in [3.8, 4) is 0 Å². The molecule has 1 saturated carbocycles. The van der Waals surface area contributed by atoms with E-state index in [1.165, 1.54) is 12.1 Å². The summed E-state index contributed by atoms with van der Waals surface area (Å²) in [5.74, 6) is 0.0630. The number of rotatable bonds is 6. The molecule has 3 aliphatic rings. The Labute approximate surface area is 148 Å². The zero-order valence-corrected chi connectivity index (χ0v) is 15.1. The molecule has 1 N–H and O–H groups in total. The number of halogens is 1. The Bertz CT molecular complexity index is 702. The van der Waals surface area contributed by atoms with E-state index in [0.29, 0.717) is 13.2 Å². The fraction of sp³-hybridized carbons (Fsp3) is 0.667. The molecule has 3 fully saturated rings. The van der Waals surface area contributed by atoms with Crippen LogP contribution in [0.15, 0.2) is 24.3 Å². The van der Waals surface area contributed by atoms with Gasteiger partial charge in [-0.05, 0) is 49.3 Å². The minimum absolute atomic E-state index is 0.0636. The van der Waals surface area contributed by atoms with Gasteiger partial charge in [0.1, 0.15) is 5.82 Å². The molecule has 0 aromatic heterocycles. The lowest BCUT2D eigenvalue weighted by atomic mass is 9.83. The summed E-state index contributed by atoms with van der Waals surface area (Å²) in [6.07, 6.45) is 3.56. The third kappa shape index (κ3) is 4.05. The Balaban J connectivity index is 1.20. The number of ether oxygens (including phenoxy) is 1. The molecule has 2 heterocycles. The maximum absolute atomic E-state index is 13.0. The Hall–Kier alpha value is -1.02. The van der Waals surface area contributed by atoms with Crippen molar-refractivity contribution in [3.05, 3.63) is 35.6 Å². The molecule has 1 aliphatic carbocycles. The third-order valence-corrected chi connectivity index (χ3v) is 7.43. The minimum atomic E-state index is -3.09. The summed E-state index contributed by atoms with van der Waals surface area (Å²) in [7, 11) is -3.09. The van der Waals surface area contributed by atoms with E-state index in [2.05, 4.69) is 9.62 Å². The van der Waals surface area contributed by atoms with Crippen LogP contribution in [-0.4, -0.2) is 50.4 Å². The highest BCUT2D eigenvalue weighted by Gasteiger charge is 2.46. The predicted octanol–water partition coefficient (Wildman–Crippen LogP) is 1.89. The third-order valence-electron chi connectivity index (χ3n) is 5.51. The van der Waals surface area contributed by atoms with Crippen molar-refractivity contribution in [2.45, 2.75) is 43.1 Å². The summed E-state index contributed by atoms with van der Waals surface area (Å²) in [5, 5.41) is -0.157. The maximum Gasteiger partial charge on any atom is 0.214 e. The number of likely N-dealkylation sites (tertiary alicyclic amines) is 1. The number of benzene rings is 1. The van der Waals surface area contributed by atoms with Crippen LogP contribution in [-0.2, 0) is 21.3 Å². The van der Waals surface area contributed by atoms with Gasteiger partial charge in [-0.3, -0.25) is 4.90 Å². The Morgan fingerprint density at radius 1 is 1.20 bits per heavy atom. The minimum Gasteiger partial charge on any atom is -0.372 e. The Morgan fingerprint density at radius 3 is 2.52 bits per heavy atom. The largest absolute Gasteiger partial charge is 0.372 e. The quantitative estimate of drug-likeness (QED) is 0.833. The highest BCUT2D eigenvalue weighted by Crippen LogP contribution is 2.36. The number of hydrogen-bond donors (Lipinski definition) is 1. The summed E-state index contributed by atoms with van der Waals surface area (Å²) in [4.78, 5) is 2.31. The van der Waals surface area contributed by atoms with Crippen molar-refractivity contribution in [2.75, 3.05) is 26.2 Å². The highest BCUT2D eigenvalue weighted by molar-refractivity contribution is 7.90. The molecule has 1 spiro atoms. The van der Waals surface area contributed by atoms with Crippen LogP contribution in [0.3, 0.4) is 0 Å². The van der Waals surface area contributed by atoms with E-state index < -0.39 is 10.0 Å². The van der Waals surface area contributed by atoms with Gasteiger partial charge in [-0.2, -0.15) is 0 Å². The van der Waals surface area contributed by atoms with Crippen LogP contribution in [0.2, 0.25) is 0 Å². The fourth-order valence-corrected chi connectivity index (χ4v) is 5.25. The SMILES string of the molecule is O=S(=O)(NC[C@@H]1CCC2(CN(Cc3ccc(F)cc3)C2)OC1)C1CC1. The van der Waals surface area contributed by atoms with Gasteiger partial charge >= 0.3 is 0 Å². The average molecular weight is 368 g/mol. The molecule has 138 valence electrons. The van der Waals surface area contributed by atoms with Gasteiger partial charge in [-0.15, -0.1) is 0 Å². The van der Waals surface area contributed by atoms with Gasteiger partial charge in [0.2, 0.25) is 10.0 Å². The molecular formula is C18H25FN2O3S. The van der Waals surface area contributed by atoms with Gasteiger partial charge in [-0.1, -0.05) is 12.1 Å². The number of nitrogens with zero attached hydrogens (tertiary/aromatic N) is 1. The molecule has 2 saturated heterocycles. The van der Waals surface area contributed by atoms with Crippen molar-refractivity contribution >= 4 is 10.0 Å². The van der Waals surface area contributed by atoms with Crippen LogP contribution in [0.4, 0.5) is 4.39 Å². The molecule has 25 heavy (non-hydrogen) atoms. The van der Waals surface area contributed by atoms with E-state index in [-0.39, 0.29) is 22.6 Å². The first-order valence-electron chi connectivity index (χ1n) is 9.03. The molecule has 1 atom stereocenters. The lowest BCUT2D eigenvalue weighted by molar-refractivity contribution is -0.181. The van der Waals surface area contributed by atoms with Gasteiger partial charge in [0, 0.05) is 26.2 Å². The summed E-state index contributed by atoms with van der Waals surface area (Å²) in [6.45, 7) is 3.72. The highest BCUT2D eigenvalue weighted by atomic mass is 32.2. The van der Waals surface area contributed by atoms with E-state index in [0.717, 1.165) is 50.9 Å². The van der Waals surface area contributed by atoms with Crippen molar-refractivity contribution < 1.29 is 17.5 Å². The molecule has 0 amide bonds. The van der Waals surface area contributed by atoms with Crippen molar-refractivity contribution in [2.24, 2.45) is 5.92 Å². The zero-order valence-electron chi connectivity index (χ0n) is 14.3. The van der Waals surface area contributed by atoms with Gasteiger partial charge in [0.25, 0.3) is 0 Å². The van der Waals surface area contributed by atoms with Crippen LogP contribution in [0.5, 0.6) is 0 Å². The second kappa shape index (κ2) is 6.61. The molecule has 1 aromatic carbocycles. The topological polar surface area (TPSA) is 58.6 Å². The standard InChI is InChI=1S/C18H25FN2O3S/c19-16-3-1-14(2-4-16)10-21-12-18(13-21)8-7-15(11-24-18)9-20-25(22,23)17-5-6-17/h1-4,15,17,20H,5-13H2/t15-/m0/s1. The smallest absolute Gasteiger partial charge is 0.214 e. The lowest BCUT2D eigenvalue weighted by Crippen LogP contribution is -2.64. The summed E-state index contributed by atoms with van der Waals surface area (Å²) in [5.41, 5.74) is 1.05. The normalized spacial score (nSPS) is 26.5. The van der Waals surface area contributed by atoms with Gasteiger partial charge in [0.05, 0.1) is 17.5 Å². The van der Waals surface area contributed by atoms with Crippen LogP contribution in [0, 0.1) is 11.7 Å². The second-order valence-corrected chi connectivity index (χ2v) is 9.81. The molecule has 2 aliphatic heterocycles. The van der Waals surface area contributed by atoms with Crippen molar-refractivity contribution in [1.29, 1.82) is 0 Å². The molecule has 7 heteroatoms. The first-order chi connectivity index (χ1) is 11.9. The Morgan fingerprint density at radius 2 is 1.92 bits per heavy atom. The predicted molar refractivity (Wildman–Crippen MR) is 93.0 cm³/mol. The van der Waals surface area contributed by atoms with Gasteiger partial charge in [-0.25, -0.2) is 17.5 Å². The maximum atomic E-state index is 13.0. The van der Waals surface area contributed by atoms with Gasteiger partial charge < -0.3 is 4.74 Å². The zero-order chi connectivity index (χ0) is 17.5. The first kappa shape index (κ1) is 17.4. The monoisotopic (exact) mass is 368 g/mol. The summed E-state index contributed by atoms with van der Waals surface area (Å²) < 4.78 is 45.6. The van der Waals surface area contributed by atoms with E-state index in [9.17, 15) is 12.8 Å². The van der Waals surface area contributed by atoms with E-state index in [1.807, 2.05) is 12.1 Å². The summed E-state index contributed by atoms with van der Waals surface area (Å²) in [6, 6.07) is 6.64. The van der Waals surface area contributed by atoms with Crippen LogP contribution in [0.1, 0.15) is 31.2 Å². The van der Waals surface area contributed by atoms with E-state index in [4.69, 9.17) is 4.74 Å². The van der Waals surface area contributed by atoms with Crippen LogP contribution >= 0.6 is 0 Å². The van der Waals surface area contributed by atoms with Crippen LogP contribution < -0.4 is 4.72 Å². The average Bonchev–Trinajstić information content (AvgIpc) is 3.40. The Kier molecular flexibility index (Phi) is 4.60. The fourth-order valence-electron chi connectivity index (χ4n) is 3.79. The number of nitrogens with one attached hydrogen (secondary N) is 1. The van der Waals surface area contributed by atoms with Crippen LogP contribution in [0.25, 0.3) is 0 Å². The van der Waals surface area contributed by atoms with E-state index in [1.54, 1.807) is 0 Å². The molecule has 1 aromatic rings. The summed E-state index contributed by atoms with van der Waals surface area (Å²) >= 11 is 0. The van der Waals surface area contributed by atoms with Gasteiger partial charge in [0.15, 0.2) is 0 Å². The first-order valence-corrected chi connectivity index (χ1v) is 10.6. The molecule has 0 radical (unpaired) electrons. The van der Waals surface area contributed by atoms with Crippen molar-refractivity contribution in [3.63, 3.8) is 0 Å². The number of hydrogen-bond acceptors (Lipinski definition) is 4. The van der Waals surface area contributed by atoms with E-state index >= 15 is 0 Å². The molecule has 0 bridgehead atoms.